The van der Waals surface area contributed by atoms with Gasteiger partial charge in [0.15, 0.2) is 0 Å². The Morgan fingerprint density at radius 2 is 2.11 bits per heavy atom. The molecule has 0 aliphatic carbocycles. The van der Waals surface area contributed by atoms with Crippen LogP contribution in [0.2, 0.25) is 0 Å². The summed E-state index contributed by atoms with van der Waals surface area (Å²) >= 11 is 0. The van der Waals surface area contributed by atoms with Gasteiger partial charge in [-0.05, 0) is 17.1 Å². The molecule has 0 spiro atoms. The largest absolute Gasteiger partial charge is 0.462 e. The molecule has 5 heteroatoms. The van der Waals surface area contributed by atoms with E-state index in [2.05, 4.69) is 0 Å². The van der Waals surface area contributed by atoms with Gasteiger partial charge in [-0.25, -0.2) is 4.79 Å². The number of nitrogens with zero attached hydrogens (tertiary/aromatic N) is 1. The van der Waals surface area contributed by atoms with Gasteiger partial charge in [0.05, 0.1) is 11.5 Å². The van der Waals surface area contributed by atoms with Crippen molar-refractivity contribution in [3.8, 4) is 0 Å². The number of esters is 1. The maximum atomic E-state index is 11.4. The summed E-state index contributed by atoms with van der Waals surface area (Å²) in [7, 11) is 0. The smallest absolute Gasteiger partial charge is 0.330 e. The molecule has 0 saturated carbocycles. The minimum absolute atomic E-state index is 0.00907. The Bertz CT molecular complexity index is 500. The molecule has 0 N–H and O–H groups in total. The summed E-state index contributed by atoms with van der Waals surface area (Å²) < 4.78 is 5.05. The Hall–Kier alpha value is -2.17. The molecule has 0 atom stereocenters. The van der Waals surface area contributed by atoms with E-state index in [1.54, 1.807) is 12.1 Å². The second-order valence-corrected chi connectivity index (χ2v) is 5.35. The van der Waals surface area contributed by atoms with Gasteiger partial charge in [-0.3, -0.25) is 10.1 Å². The Balaban J connectivity index is 2.64. The van der Waals surface area contributed by atoms with Crippen LogP contribution in [-0.4, -0.2) is 17.5 Å². The van der Waals surface area contributed by atoms with Crippen molar-refractivity contribution >= 4 is 17.7 Å². The first-order chi connectivity index (χ1) is 8.78. The average molecular weight is 263 g/mol. The molecule has 0 saturated heterocycles. The van der Waals surface area contributed by atoms with E-state index in [9.17, 15) is 14.9 Å². The van der Waals surface area contributed by atoms with Crippen LogP contribution in [-0.2, 0) is 9.53 Å². The highest BCUT2D eigenvalue weighted by atomic mass is 16.6. The number of benzene rings is 1. The number of carbonyl (C=O) groups excluding carboxylic acids is 1. The second-order valence-electron chi connectivity index (χ2n) is 5.35. The first-order valence-electron chi connectivity index (χ1n) is 5.87. The van der Waals surface area contributed by atoms with Crippen molar-refractivity contribution in [2.75, 3.05) is 6.61 Å². The summed E-state index contributed by atoms with van der Waals surface area (Å²) in [4.78, 5) is 21.6. The standard InChI is InChI=1S/C14H17NO4/c1-14(2,3)10-19-13(16)8-7-11-5-4-6-12(9-11)15(17)18/h4-9H,10H2,1-3H3. The molecule has 19 heavy (non-hydrogen) atoms. The molecule has 0 heterocycles. The van der Waals surface area contributed by atoms with Crippen LogP contribution in [0.1, 0.15) is 26.3 Å². The van der Waals surface area contributed by atoms with Crippen molar-refractivity contribution in [1.29, 1.82) is 0 Å². The zero-order chi connectivity index (χ0) is 14.5. The van der Waals surface area contributed by atoms with Gasteiger partial charge < -0.3 is 4.74 Å². The zero-order valence-corrected chi connectivity index (χ0v) is 11.3. The second kappa shape index (κ2) is 6.13. The molecule has 0 bridgehead atoms. The zero-order valence-electron chi connectivity index (χ0n) is 11.3. The van der Waals surface area contributed by atoms with Gasteiger partial charge in [0.25, 0.3) is 5.69 Å². The van der Waals surface area contributed by atoms with E-state index in [0.717, 1.165) is 0 Å². The molecule has 0 fully saturated rings. The third kappa shape index (κ3) is 5.81. The summed E-state index contributed by atoms with van der Waals surface area (Å²) in [5.41, 5.74) is 0.488. The van der Waals surface area contributed by atoms with Crippen LogP contribution in [0.15, 0.2) is 30.3 Å². The number of ether oxygens (including phenoxy) is 1. The summed E-state index contributed by atoms with van der Waals surface area (Å²) in [5.74, 6) is -0.457. The number of carbonyl (C=O) groups is 1. The Morgan fingerprint density at radius 3 is 2.68 bits per heavy atom. The molecule has 102 valence electrons. The number of non-ortho nitro benzene ring substituents is 1. The van der Waals surface area contributed by atoms with E-state index in [-0.39, 0.29) is 11.1 Å². The molecular formula is C14H17NO4. The SMILES string of the molecule is CC(C)(C)COC(=O)C=Cc1cccc([N+](=O)[O-])c1. The van der Waals surface area contributed by atoms with Crippen LogP contribution in [0.3, 0.4) is 0 Å². The highest BCUT2D eigenvalue weighted by molar-refractivity contribution is 5.87. The molecule has 5 nitrogen and oxygen atoms in total. The Kier molecular flexibility index (Phi) is 4.80. The Morgan fingerprint density at radius 1 is 1.42 bits per heavy atom. The van der Waals surface area contributed by atoms with Crippen LogP contribution in [0.4, 0.5) is 5.69 Å². The van der Waals surface area contributed by atoms with Gasteiger partial charge in [0.2, 0.25) is 0 Å². The van der Waals surface area contributed by atoms with Gasteiger partial charge in [0.1, 0.15) is 0 Å². The van der Waals surface area contributed by atoms with Crippen LogP contribution in [0, 0.1) is 15.5 Å². The van der Waals surface area contributed by atoms with E-state index in [1.807, 2.05) is 20.8 Å². The van der Waals surface area contributed by atoms with Gasteiger partial charge in [-0.15, -0.1) is 0 Å². The van der Waals surface area contributed by atoms with Crippen molar-refractivity contribution in [3.63, 3.8) is 0 Å². The lowest BCUT2D eigenvalue weighted by Gasteiger charge is -2.16. The number of nitro groups is 1. The fourth-order valence-electron chi connectivity index (χ4n) is 1.24. The lowest BCUT2D eigenvalue weighted by molar-refractivity contribution is -0.384. The van der Waals surface area contributed by atoms with Gasteiger partial charge in [-0.2, -0.15) is 0 Å². The highest BCUT2D eigenvalue weighted by Crippen LogP contribution is 2.15. The van der Waals surface area contributed by atoms with E-state index >= 15 is 0 Å². The first kappa shape index (κ1) is 14.9. The van der Waals surface area contributed by atoms with Crippen molar-refractivity contribution in [3.05, 3.63) is 46.0 Å². The van der Waals surface area contributed by atoms with Crippen molar-refractivity contribution in [2.24, 2.45) is 5.41 Å². The maximum Gasteiger partial charge on any atom is 0.330 e. The van der Waals surface area contributed by atoms with Crippen LogP contribution in [0.25, 0.3) is 6.08 Å². The molecule has 0 aliphatic rings. The van der Waals surface area contributed by atoms with Crippen LogP contribution < -0.4 is 0 Å². The maximum absolute atomic E-state index is 11.4. The third-order valence-electron chi connectivity index (χ3n) is 2.14. The molecule has 1 rings (SSSR count). The molecule has 0 unspecified atom stereocenters. The molecule has 0 aliphatic heterocycles. The lowest BCUT2D eigenvalue weighted by atomic mass is 9.99. The normalized spacial score (nSPS) is 11.5. The van der Waals surface area contributed by atoms with Crippen LogP contribution >= 0.6 is 0 Å². The molecule has 0 radical (unpaired) electrons. The molecular weight excluding hydrogens is 246 g/mol. The quantitative estimate of drug-likeness (QED) is 0.362. The van der Waals surface area contributed by atoms with E-state index < -0.39 is 10.9 Å². The predicted molar refractivity (Wildman–Crippen MR) is 72.5 cm³/mol. The summed E-state index contributed by atoms with van der Waals surface area (Å²) in [5, 5.41) is 10.6. The molecule has 1 aromatic rings. The lowest BCUT2D eigenvalue weighted by Crippen LogP contribution is -2.17. The van der Waals surface area contributed by atoms with Gasteiger partial charge in [-0.1, -0.05) is 32.9 Å². The topological polar surface area (TPSA) is 69.4 Å². The van der Waals surface area contributed by atoms with Crippen LogP contribution in [0.5, 0.6) is 0 Å². The fraction of sp³-hybridized carbons (Fsp3) is 0.357. The summed E-state index contributed by atoms with van der Waals surface area (Å²) in [6.07, 6.45) is 2.77. The number of rotatable bonds is 4. The molecule has 0 aromatic heterocycles. The minimum atomic E-state index is -0.477. The molecule has 0 amide bonds. The highest BCUT2D eigenvalue weighted by Gasteiger charge is 2.12. The monoisotopic (exact) mass is 263 g/mol. The number of hydrogen-bond acceptors (Lipinski definition) is 4. The minimum Gasteiger partial charge on any atom is -0.462 e. The fourth-order valence-corrected chi connectivity index (χ4v) is 1.24. The number of hydrogen-bond donors (Lipinski definition) is 0. The first-order valence-corrected chi connectivity index (χ1v) is 5.87. The number of nitro benzene ring substituents is 1. The summed E-state index contributed by atoms with van der Waals surface area (Å²) in [6, 6.07) is 6.04. The van der Waals surface area contributed by atoms with E-state index in [0.29, 0.717) is 12.2 Å². The van der Waals surface area contributed by atoms with Gasteiger partial charge in [0, 0.05) is 18.2 Å². The predicted octanol–water partition coefficient (Wildman–Crippen LogP) is 3.20. The van der Waals surface area contributed by atoms with Gasteiger partial charge >= 0.3 is 5.97 Å². The Labute approximate surface area is 112 Å². The summed E-state index contributed by atoms with van der Waals surface area (Å²) in [6.45, 7) is 6.21. The average Bonchev–Trinajstić information content (AvgIpc) is 2.33. The van der Waals surface area contributed by atoms with E-state index in [4.69, 9.17) is 4.74 Å². The van der Waals surface area contributed by atoms with Crippen molar-refractivity contribution in [1.82, 2.24) is 0 Å². The van der Waals surface area contributed by atoms with Crippen molar-refractivity contribution < 1.29 is 14.5 Å². The third-order valence-corrected chi connectivity index (χ3v) is 2.14. The van der Waals surface area contributed by atoms with Crippen molar-refractivity contribution in [2.45, 2.75) is 20.8 Å². The molecule has 1 aromatic carbocycles. The van der Waals surface area contributed by atoms with E-state index in [1.165, 1.54) is 24.3 Å².